The molecule has 3 rings (SSSR count). The molecule has 2 N–H and O–H groups in total. The largest absolute Gasteiger partial charge is 0.493 e. The summed E-state index contributed by atoms with van der Waals surface area (Å²) >= 11 is 0. The molecule has 0 aliphatic carbocycles. The van der Waals surface area contributed by atoms with E-state index in [0.29, 0.717) is 0 Å². The number of pyridine rings is 1. The van der Waals surface area contributed by atoms with Crippen LogP contribution in [0.5, 0.6) is 23.0 Å². The van der Waals surface area contributed by atoms with E-state index in [-0.39, 0.29) is 39.8 Å². The zero-order chi connectivity index (χ0) is 32.4. The average Bonchev–Trinajstić information content (AvgIpc) is 2.98. The van der Waals surface area contributed by atoms with Crippen molar-refractivity contribution in [3.63, 3.8) is 0 Å². The minimum absolute atomic E-state index is 0.0176. The number of nitrogens with zero attached hydrogens (tertiary/aromatic N) is 1. The van der Waals surface area contributed by atoms with E-state index in [2.05, 4.69) is 10.3 Å². The number of amides is 1. The number of aromatic nitrogens is 1. The lowest BCUT2D eigenvalue weighted by molar-refractivity contribution is -0.157. The summed E-state index contributed by atoms with van der Waals surface area (Å²) in [5.74, 6) is -6.88. The molecule has 0 bridgehead atoms. The molecular formula is C29H26N2O13. The molecule has 0 aliphatic rings. The molecule has 0 spiro atoms. The van der Waals surface area contributed by atoms with Crippen molar-refractivity contribution in [3.05, 3.63) is 72.1 Å². The minimum atomic E-state index is -2.35. The van der Waals surface area contributed by atoms with Crippen LogP contribution in [0.25, 0.3) is 0 Å². The monoisotopic (exact) mass is 610 g/mol. The number of hydrogen-bond acceptors (Lipinski definition) is 13. The quantitative estimate of drug-likeness (QED) is 0.223. The van der Waals surface area contributed by atoms with Gasteiger partial charge in [-0.05, 0) is 48.5 Å². The van der Waals surface area contributed by atoms with Gasteiger partial charge in [0.05, 0.1) is 25.3 Å². The van der Waals surface area contributed by atoms with E-state index in [4.69, 9.17) is 28.4 Å². The number of hydrogen-bond donors (Lipinski definition) is 2. The summed E-state index contributed by atoms with van der Waals surface area (Å²) in [7, 11) is 2.49. The Balaban J connectivity index is 1.95. The van der Waals surface area contributed by atoms with Crippen molar-refractivity contribution in [2.24, 2.45) is 0 Å². The summed E-state index contributed by atoms with van der Waals surface area (Å²) in [6.07, 6.45) is -1.89. The maximum Gasteiger partial charge on any atom is 0.349 e. The molecule has 1 amide bonds. The zero-order valence-electron chi connectivity index (χ0n) is 23.7. The van der Waals surface area contributed by atoms with Crippen LogP contribution >= 0.6 is 0 Å². The Labute approximate surface area is 249 Å². The second-order valence-electron chi connectivity index (χ2n) is 8.63. The standard InChI is InChI=1S/C29H26N2O13/c1-15(32)41-20-7-5-17(13-22(20)39-3)28(37)43-24(26(34)31-19-9-11-30-12-10-19)25(27(35)36)44-29(38)18-6-8-21(42-16(2)33)23(14-18)40-4/h5-14,24-25H,1-4H3,(H,35,36)(H,30,31,34)/t24-,25+/m1/s1. The third kappa shape index (κ3) is 8.51. The molecule has 1 heterocycles. The van der Waals surface area contributed by atoms with Gasteiger partial charge < -0.3 is 38.8 Å². The lowest BCUT2D eigenvalue weighted by Crippen LogP contribution is -2.48. The van der Waals surface area contributed by atoms with E-state index in [1.54, 1.807) is 0 Å². The Bertz CT molecular complexity index is 1570. The molecule has 44 heavy (non-hydrogen) atoms. The van der Waals surface area contributed by atoms with Crippen molar-refractivity contribution in [3.8, 4) is 23.0 Å². The number of esters is 4. The molecule has 2 atom stereocenters. The minimum Gasteiger partial charge on any atom is -0.493 e. The van der Waals surface area contributed by atoms with Crippen LogP contribution < -0.4 is 24.3 Å². The van der Waals surface area contributed by atoms with Gasteiger partial charge in [0.15, 0.2) is 23.0 Å². The molecule has 0 saturated heterocycles. The topological polar surface area (TPSA) is 203 Å². The average molecular weight is 611 g/mol. The predicted octanol–water partition coefficient (Wildman–Crippen LogP) is 2.42. The van der Waals surface area contributed by atoms with Crippen LogP contribution in [0.4, 0.5) is 5.69 Å². The van der Waals surface area contributed by atoms with Crippen LogP contribution in [0.2, 0.25) is 0 Å². The highest BCUT2D eigenvalue weighted by atomic mass is 16.6. The summed E-state index contributed by atoms with van der Waals surface area (Å²) in [6.45, 7) is 2.31. The van der Waals surface area contributed by atoms with Crippen LogP contribution in [0.15, 0.2) is 60.9 Å². The Morgan fingerprint density at radius 1 is 0.682 bits per heavy atom. The van der Waals surface area contributed by atoms with Gasteiger partial charge in [0.25, 0.3) is 5.91 Å². The van der Waals surface area contributed by atoms with Crippen LogP contribution in [-0.2, 0) is 28.7 Å². The number of carbonyl (C=O) groups is 6. The highest BCUT2D eigenvalue weighted by molar-refractivity contribution is 6.01. The maximum absolute atomic E-state index is 13.3. The van der Waals surface area contributed by atoms with E-state index < -0.39 is 48.0 Å². The number of rotatable bonds is 12. The van der Waals surface area contributed by atoms with Crippen molar-refractivity contribution < 1.29 is 62.3 Å². The molecule has 0 radical (unpaired) electrons. The normalized spacial score (nSPS) is 11.6. The molecule has 15 heteroatoms. The number of benzene rings is 2. The lowest BCUT2D eigenvalue weighted by Gasteiger charge is -2.24. The van der Waals surface area contributed by atoms with Gasteiger partial charge in [-0.2, -0.15) is 0 Å². The van der Waals surface area contributed by atoms with Crippen LogP contribution in [0.1, 0.15) is 34.6 Å². The summed E-state index contributed by atoms with van der Waals surface area (Å²) in [4.78, 5) is 78.3. The van der Waals surface area contributed by atoms with Gasteiger partial charge in [-0.25, -0.2) is 14.4 Å². The molecule has 0 fully saturated rings. The third-order valence-corrected chi connectivity index (χ3v) is 5.50. The number of carbonyl (C=O) groups excluding carboxylic acids is 5. The van der Waals surface area contributed by atoms with Gasteiger partial charge in [-0.3, -0.25) is 19.4 Å². The molecule has 0 aliphatic heterocycles. The zero-order valence-corrected chi connectivity index (χ0v) is 23.7. The molecule has 0 saturated carbocycles. The van der Waals surface area contributed by atoms with Crippen LogP contribution in [-0.4, -0.2) is 72.3 Å². The SMILES string of the molecule is COc1cc(C(=O)O[C@H](C(=O)O)[C@@H](OC(=O)c2ccc(OC(C)=O)c(OC)c2)C(=O)Nc2ccncc2)ccc1OC(C)=O. The van der Waals surface area contributed by atoms with E-state index in [0.717, 1.165) is 32.0 Å². The number of ether oxygens (including phenoxy) is 6. The summed E-state index contributed by atoms with van der Waals surface area (Å²) in [5, 5.41) is 12.4. The molecule has 3 aromatic rings. The van der Waals surface area contributed by atoms with Gasteiger partial charge in [0, 0.05) is 31.9 Å². The van der Waals surface area contributed by atoms with Crippen LogP contribution in [0.3, 0.4) is 0 Å². The highest BCUT2D eigenvalue weighted by Crippen LogP contribution is 2.30. The van der Waals surface area contributed by atoms with E-state index >= 15 is 0 Å². The first-order valence-electron chi connectivity index (χ1n) is 12.5. The van der Waals surface area contributed by atoms with Crippen molar-refractivity contribution in [2.75, 3.05) is 19.5 Å². The van der Waals surface area contributed by atoms with E-state index in [9.17, 15) is 33.9 Å². The fourth-order valence-electron chi connectivity index (χ4n) is 3.58. The Morgan fingerprint density at radius 3 is 1.55 bits per heavy atom. The Morgan fingerprint density at radius 2 is 1.14 bits per heavy atom. The first kappa shape index (κ1) is 32.5. The molecular weight excluding hydrogens is 584 g/mol. The van der Waals surface area contributed by atoms with Gasteiger partial charge in [-0.15, -0.1) is 0 Å². The third-order valence-electron chi connectivity index (χ3n) is 5.50. The summed E-state index contributed by atoms with van der Waals surface area (Å²) < 4.78 is 30.7. The Hall–Kier alpha value is -5.99. The first-order chi connectivity index (χ1) is 20.9. The van der Waals surface area contributed by atoms with Crippen molar-refractivity contribution in [1.29, 1.82) is 0 Å². The van der Waals surface area contributed by atoms with Gasteiger partial charge in [0.2, 0.25) is 12.2 Å². The fourth-order valence-corrected chi connectivity index (χ4v) is 3.58. The Kier molecular flexibility index (Phi) is 10.9. The number of anilines is 1. The number of methoxy groups -OCH3 is 2. The molecule has 1 aromatic heterocycles. The summed E-state index contributed by atoms with van der Waals surface area (Å²) in [5.41, 5.74) is -0.296. The van der Waals surface area contributed by atoms with Gasteiger partial charge in [0.1, 0.15) is 0 Å². The van der Waals surface area contributed by atoms with Gasteiger partial charge in [-0.1, -0.05) is 0 Å². The number of nitrogens with one attached hydrogen (secondary N) is 1. The maximum atomic E-state index is 13.3. The van der Waals surface area contributed by atoms with Gasteiger partial charge >= 0.3 is 29.8 Å². The molecule has 15 nitrogen and oxygen atoms in total. The number of carboxylic acids is 1. The summed E-state index contributed by atoms with van der Waals surface area (Å²) in [6, 6.07) is 9.81. The van der Waals surface area contributed by atoms with Crippen molar-refractivity contribution in [1.82, 2.24) is 4.98 Å². The fraction of sp³-hybridized carbons (Fsp3) is 0.207. The predicted molar refractivity (Wildman–Crippen MR) is 148 cm³/mol. The van der Waals surface area contributed by atoms with Crippen LogP contribution in [0, 0.1) is 0 Å². The lowest BCUT2D eigenvalue weighted by atomic mass is 10.1. The smallest absolute Gasteiger partial charge is 0.349 e. The number of aliphatic carboxylic acids is 1. The van der Waals surface area contributed by atoms with Crippen molar-refractivity contribution >= 4 is 41.4 Å². The molecule has 0 unspecified atom stereocenters. The highest BCUT2D eigenvalue weighted by Gasteiger charge is 2.41. The number of carboxylic acid groups (broad SMARTS) is 1. The second-order valence-corrected chi connectivity index (χ2v) is 8.63. The molecule has 230 valence electrons. The molecule has 2 aromatic carbocycles. The van der Waals surface area contributed by atoms with E-state index in [1.807, 2.05) is 0 Å². The first-order valence-corrected chi connectivity index (χ1v) is 12.5. The van der Waals surface area contributed by atoms with Crippen molar-refractivity contribution in [2.45, 2.75) is 26.1 Å². The van der Waals surface area contributed by atoms with E-state index in [1.165, 1.54) is 56.9 Å². The second kappa shape index (κ2) is 14.8.